The van der Waals surface area contributed by atoms with Crippen LogP contribution in [0, 0.1) is 0 Å². The van der Waals surface area contributed by atoms with Crippen molar-refractivity contribution < 1.29 is 9.53 Å². The van der Waals surface area contributed by atoms with Gasteiger partial charge < -0.3 is 4.74 Å². The number of hydrogen-bond acceptors (Lipinski definition) is 2. The molecule has 0 radical (unpaired) electrons. The van der Waals surface area contributed by atoms with Crippen LogP contribution in [0.2, 0.25) is 0 Å². The number of hydrogen-bond donors (Lipinski definition) is 0. The third-order valence-electron chi connectivity index (χ3n) is 3.31. The molecule has 0 aromatic heterocycles. The van der Waals surface area contributed by atoms with E-state index in [4.69, 9.17) is 4.74 Å². The Balaban J connectivity index is 2.02. The van der Waals surface area contributed by atoms with Crippen LogP contribution in [0.25, 0.3) is 0 Å². The predicted octanol–water partition coefficient (Wildman–Crippen LogP) is 5.39. The number of benzene rings is 1. The van der Waals surface area contributed by atoms with Crippen LogP contribution in [0.5, 0.6) is 5.75 Å². The van der Waals surface area contributed by atoms with Crippen molar-refractivity contribution in [2.45, 2.75) is 51.9 Å². The third kappa shape index (κ3) is 7.68. The van der Waals surface area contributed by atoms with Crippen LogP contribution in [0.15, 0.2) is 24.3 Å². The first-order valence-electron chi connectivity index (χ1n) is 7.54. The number of rotatable bonds is 11. The van der Waals surface area contributed by atoms with Crippen LogP contribution in [-0.2, 0) is 0 Å². The first-order chi connectivity index (χ1) is 9.74. The predicted molar refractivity (Wildman–Crippen MR) is 88.1 cm³/mol. The van der Waals surface area contributed by atoms with Crippen molar-refractivity contribution in [3.05, 3.63) is 29.8 Å². The lowest BCUT2D eigenvalue weighted by atomic mass is 10.1. The van der Waals surface area contributed by atoms with E-state index in [2.05, 4.69) is 15.9 Å². The van der Waals surface area contributed by atoms with Crippen molar-refractivity contribution >= 4 is 21.7 Å². The topological polar surface area (TPSA) is 26.3 Å². The van der Waals surface area contributed by atoms with E-state index in [-0.39, 0.29) is 5.78 Å². The highest BCUT2D eigenvalue weighted by atomic mass is 79.9. The molecule has 3 heteroatoms. The number of halogens is 1. The Labute approximate surface area is 131 Å². The van der Waals surface area contributed by atoms with Crippen LogP contribution in [0.4, 0.5) is 0 Å². The van der Waals surface area contributed by atoms with E-state index >= 15 is 0 Å². The molecular weight excluding hydrogens is 316 g/mol. The van der Waals surface area contributed by atoms with E-state index in [0.29, 0.717) is 0 Å². The first kappa shape index (κ1) is 17.2. The molecular formula is C17H25BrO2. The van der Waals surface area contributed by atoms with Gasteiger partial charge in [0.15, 0.2) is 5.78 Å². The number of alkyl halides is 1. The fourth-order valence-electron chi connectivity index (χ4n) is 2.06. The quantitative estimate of drug-likeness (QED) is 0.306. The molecule has 1 rings (SSSR count). The third-order valence-corrected chi connectivity index (χ3v) is 3.87. The SMILES string of the molecule is CC(=O)c1ccc(OCCCCCCCCCBr)cc1. The van der Waals surface area contributed by atoms with E-state index in [0.717, 1.165) is 29.7 Å². The van der Waals surface area contributed by atoms with Crippen LogP contribution in [0.1, 0.15) is 62.2 Å². The molecule has 2 nitrogen and oxygen atoms in total. The van der Waals surface area contributed by atoms with Crippen molar-refractivity contribution in [2.75, 3.05) is 11.9 Å². The van der Waals surface area contributed by atoms with Gasteiger partial charge in [0.2, 0.25) is 0 Å². The second kappa shape index (κ2) is 10.9. The Kier molecular flexibility index (Phi) is 9.38. The summed E-state index contributed by atoms with van der Waals surface area (Å²) < 4.78 is 5.67. The molecule has 20 heavy (non-hydrogen) atoms. The molecule has 0 heterocycles. The minimum absolute atomic E-state index is 0.0939. The van der Waals surface area contributed by atoms with Crippen molar-refractivity contribution in [2.24, 2.45) is 0 Å². The molecule has 0 amide bonds. The molecule has 0 saturated heterocycles. The molecule has 1 aromatic carbocycles. The average molecular weight is 341 g/mol. The van der Waals surface area contributed by atoms with Gasteiger partial charge in [0.25, 0.3) is 0 Å². The van der Waals surface area contributed by atoms with Crippen molar-refractivity contribution in [3.63, 3.8) is 0 Å². The molecule has 0 unspecified atom stereocenters. The van der Waals surface area contributed by atoms with E-state index in [1.165, 1.54) is 38.5 Å². The highest BCUT2D eigenvalue weighted by molar-refractivity contribution is 9.09. The maximum atomic E-state index is 11.1. The van der Waals surface area contributed by atoms with Gasteiger partial charge in [-0.25, -0.2) is 0 Å². The van der Waals surface area contributed by atoms with Gasteiger partial charge in [-0.05, 0) is 44.0 Å². The molecule has 0 fully saturated rings. The lowest BCUT2D eigenvalue weighted by Crippen LogP contribution is -1.98. The summed E-state index contributed by atoms with van der Waals surface area (Å²) in [5, 5.41) is 1.13. The first-order valence-corrected chi connectivity index (χ1v) is 8.66. The fourth-order valence-corrected chi connectivity index (χ4v) is 2.45. The van der Waals surface area contributed by atoms with Crippen molar-refractivity contribution in [3.8, 4) is 5.75 Å². The zero-order valence-electron chi connectivity index (χ0n) is 12.4. The smallest absolute Gasteiger partial charge is 0.159 e. The van der Waals surface area contributed by atoms with Gasteiger partial charge in [0.05, 0.1) is 6.61 Å². The van der Waals surface area contributed by atoms with Crippen LogP contribution in [0.3, 0.4) is 0 Å². The monoisotopic (exact) mass is 340 g/mol. The molecule has 0 aliphatic rings. The summed E-state index contributed by atoms with van der Waals surface area (Å²) in [6, 6.07) is 7.39. The van der Waals surface area contributed by atoms with E-state index in [1.54, 1.807) is 6.92 Å². The summed E-state index contributed by atoms with van der Waals surface area (Å²) in [4.78, 5) is 11.1. The van der Waals surface area contributed by atoms with Crippen LogP contribution in [-0.4, -0.2) is 17.7 Å². The average Bonchev–Trinajstić information content (AvgIpc) is 2.46. The Morgan fingerprint density at radius 3 is 2.05 bits per heavy atom. The Morgan fingerprint density at radius 1 is 0.950 bits per heavy atom. The second-order valence-corrected chi connectivity index (χ2v) is 5.89. The van der Waals surface area contributed by atoms with Crippen LogP contribution >= 0.6 is 15.9 Å². The van der Waals surface area contributed by atoms with E-state index < -0.39 is 0 Å². The molecule has 112 valence electrons. The molecule has 0 N–H and O–H groups in total. The van der Waals surface area contributed by atoms with Gasteiger partial charge >= 0.3 is 0 Å². The number of ketones is 1. The zero-order chi connectivity index (χ0) is 14.6. The van der Waals surface area contributed by atoms with Gasteiger partial charge in [-0.1, -0.05) is 48.0 Å². The summed E-state index contributed by atoms with van der Waals surface area (Å²) in [5.74, 6) is 0.948. The van der Waals surface area contributed by atoms with E-state index in [9.17, 15) is 4.79 Å². The van der Waals surface area contributed by atoms with Gasteiger partial charge in [-0.2, -0.15) is 0 Å². The summed E-state index contributed by atoms with van der Waals surface area (Å²) in [5.41, 5.74) is 0.737. The highest BCUT2D eigenvalue weighted by Gasteiger charge is 1.99. The largest absolute Gasteiger partial charge is 0.494 e. The summed E-state index contributed by atoms with van der Waals surface area (Å²) in [6.45, 7) is 2.34. The molecule has 0 spiro atoms. The molecule has 0 bridgehead atoms. The minimum Gasteiger partial charge on any atom is -0.494 e. The van der Waals surface area contributed by atoms with Crippen LogP contribution < -0.4 is 4.74 Å². The normalized spacial score (nSPS) is 10.5. The standard InChI is InChI=1S/C17H25BrO2/c1-15(19)16-9-11-17(12-10-16)20-14-8-6-4-2-3-5-7-13-18/h9-12H,2-8,13-14H2,1H3. The second-order valence-electron chi connectivity index (χ2n) is 5.09. The number of carbonyl (C=O) groups excluding carboxylic acids is 1. The molecule has 0 aliphatic carbocycles. The maximum Gasteiger partial charge on any atom is 0.159 e. The maximum absolute atomic E-state index is 11.1. The summed E-state index contributed by atoms with van der Waals surface area (Å²) in [7, 11) is 0. The summed E-state index contributed by atoms with van der Waals surface area (Å²) >= 11 is 3.45. The van der Waals surface area contributed by atoms with Crippen molar-refractivity contribution in [1.29, 1.82) is 0 Å². The highest BCUT2D eigenvalue weighted by Crippen LogP contribution is 2.14. The van der Waals surface area contributed by atoms with Gasteiger partial charge in [-0.15, -0.1) is 0 Å². The summed E-state index contributed by atoms with van der Waals surface area (Å²) in [6.07, 6.45) is 8.95. The Hall–Kier alpha value is -0.830. The molecule has 1 aromatic rings. The van der Waals surface area contributed by atoms with Gasteiger partial charge in [0, 0.05) is 10.9 Å². The molecule has 0 saturated carbocycles. The van der Waals surface area contributed by atoms with Gasteiger partial charge in [-0.3, -0.25) is 4.79 Å². The van der Waals surface area contributed by atoms with Gasteiger partial charge in [0.1, 0.15) is 5.75 Å². The number of Topliss-reactive ketones (excluding diaryl/α,β-unsaturated/α-hetero) is 1. The van der Waals surface area contributed by atoms with Crippen molar-refractivity contribution in [1.82, 2.24) is 0 Å². The zero-order valence-corrected chi connectivity index (χ0v) is 14.0. The lowest BCUT2D eigenvalue weighted by molar-refractivity contribution is 0.101. The minimum atomic E-state index is 0.0939. The number of carbonyl (C=O) groups is 1. The molecule has 0 aliphatic heterocycles. The van der Waals surface area contributed by atoms with E-state index in [1.807, 2.05) is 24.3 Å². The Morgan fingerprint density at radius 2 is 1.50 bits per heavy atom. The number of ether oxygens (including phenoxy) is 1. The fraction of sp³-hybridized carbons (Fsp3) is 0.588. The number of unbranched alkanes of at least 4 members (excludes halogenated alkanes) is 6. The Bertz CT molecular complexity index is 373. The molecule has 0 atom stereocenters. The lowest BCUT2D eigenvalue weighted by Gasteiger charge is -2.06.